The van der Waals surface area contributed by atoms with Crippen LogP contribution in [0, 0.1) is 0 Å². The summed E-state index contributed by atoms with van der Waals surface area (Å²) in [5.74, 6) is 0.829. The SMILES string of the molecule is CN=C(NCCCc1ccccc1)NCc1ccccc1COC.I. The zero-order chi connectivity index (χ0) is 17.0. The van der Waals surface area contributed by atoms with Gasteiger partial charge in [-0.1, -0.05) is 54.6 Å². The highest BCUT2D eigenvalue weighted by atomic mass is 127. The molecule has 4 nitrogen and oxygen atoms in total. The van der Waals surface area contributed by atoms with E-state index in [1.54, 1.807) is 14.2 Å². The van der Waals surface area contributed by atoms with Crippen molar-refractivity contribution < 1.29 is 4.74 Å². The van der Waals surface area contributed by atoms with Crippen LogP contribution in [0.3, 0.4) is 0 Å². The number of nitrogens with zero attached hydrogens (tertiary/aromatic N) is 1. The van der Waals surface area contributed by atoms with Crippen molar-refractivity contribution in [1.82, 2.24) is 10.6 Å². The summed E-state index contributed by atoms with van der Waals surface area (Å²) < 4.78 is 5.25. The van der Waals surface area contributed by atoms with Gasteiger partial charge in [0.05, 0.1) is 6.61 Å². The van der Waals surface area contributed by atoms with Crippen LogP contribution in [-0.4, -0.2) is 26.7 Å². The lowest BCUT2D eigenvalue weighted by molar-refractivity contribution is 0.184. The Hall–Kier alpha value is -1.60. The number of ether oxygens (including phenoxy) is 1. The van der Waals surface area contributed by atoms with Crippen molar-refractivity contribution in [2.45, 2.75) is 26.0 Å². The molecule has 0 atom stereocenters. The van der Waals surface area contributed by atoms with Gasteiger partial charge >= 0.3 is 0 Å². The number of guanidine groups is 1. The molecule has 0 saturated carbocycles. The maximum absolute atomic E-state index is 5.25. The van der Waals surface area contributed by atoms with Gasteiger partial charge in [-0.3, -0.25) is 4.99 Å². The Morgan fingerprint density at radius 2 is 1.64 bits per heavy atom. The first kappa shape index (κ1) is 21.4. The second kappa shape index (κ2) is 12.7. The molecule has 0 radical (unpaired) electrons. The Morgan fingerprint density at radius 3 is 2.32 bits per heavy atom. The molecule has 0 saturated heterocycles. The Balaban J connectivity index is 0.00000312. The molecule has 0 spiro atoms. The van der Waals surface area contributed by atoms with Crippen molar-refractivity contribution in [2.75, 3.05) is 20.7 Å². The van der Waals surface area contributed by atoms with E-state index in [9.17, 15) is 0 Å². The lowest BCUT2D eigenvalue weighted by Gasteiger charge is -2.14. The minimum absolute atomic E-state index is 0. The van der Waals surface area contributed by atoms with Crippen molar-refractivity contribution >= 4 is 29.9 Å². The van der Waals surface area contributed by atoms with Gasteiger partial charge in [-0.2, -0.15) is 0 Å². The van der Waals surface area contributed by atoms with Crippen LogP contribution in [0.15, 0.2) is 59.6 Å². The normalized spacial score (nSPS) is 10.9. The quantitative estimate of drug-likeness (QED) is 0.277. The predicted octanol–water partition coefficient (Wildman–Crippen LogP) is 3.75. The molecular formula is C20H28IN3O. The Morgan fingerprint density at radius 1 is 0.960 bits per heavy atom. The molecule has 5 heteroatoms. The van der Waals surface area contributed by atoms with Gasteiger partial charge in [0.2, 0.25) is 0 Å². The second-order valence-corrected chi connectivity index (χ2v) is 5.64. The van der Waals surface area contributed by atoms with E-state index in [0.29, 0.717) is 6.61 Å². The minimum Gasteiger partial charge on any atom is -0.380 e. The Bertz CT molecular complexity index is 632. The van der Waals surface area contributed by atoms with Crippen molar-refractivity contribution in [3.05, 3.63) is 71.3 Å². The summed E-state index contributed by atoms with van der Waals surface area (Å²) in [6.07, 6.45) is 2.15. The van der Waals surface area contributed by atoms with E-state index < -0.39 is 0 Å². The summed E-state index contributed by atoms with van der Waals surface area (Å²) >= 11 is 0. The lowest BCUT2D eigenvalue weighted by Crippen LogP contribution is -2.37. The first-order valence-corrected chi connectivity index (χ1v) is 8.37. The number of hydrogen-bond acceptors (Lipinski definition) is 2. The summed E-state index contributed by atoms with van der Waals surface area (Å²) in [4.78, 5) is 4.29. The fourth-order valence-corrected chi connectivity index (χ4v) is 2.57. The zero-order valence-electron chi connectivity index (χ0n) is 15.0. The number of rotatable bonds is 8. The zero-order valence-corrected chi connectivity index (χ0v) is 17.3. The first-order chi connectivity index (χ1) is 11.8. The summed E-state index contributed by atoms with van der Waals surface area (Å²) in [5, 5.41) is 6.74. The van der Waals surface area contributed by atoms with Crippen molar-refractivity contribution in [3.8, 4) is 0 Å². The summed E-state index contributed by atoms with van der Waals surface area (Å²) in [5.41, 5.74) is 3.80. The molecule has 25 heavy (non-hydrogen) atoms. The van der Waals surface area contributed by atoms with Gasteiger partial charge in [0.15, 0.2) is 5.96 Å². The number of aliphatic imine (C=N–C) groups is 1. The molecule has 136 valence electrons. The molecule has 0 unspecified atom stereocenters. The Kier molecular flexibility index (Phi) is 10.9. The average molecular weight is 453 g/mol. The molecule has 0 fully saturated rings. The highest BCUT2D eigenvalue weighted by Crippen LogP contribution is 2.09. The first-order valence-electron chi connectivity index (χ1n) is 8.37. The largest absolute Gasteiger partial charge is 0.380 e. The number of aryl methyl sites for hydroxylation is 1. The highest BCUT2D eigenvalue weighted by molar-refractivity contribution is 14.0. The Labute approximate surface area is 168 Å². The average Bonchev–Trinajstić information content (AvgIpc) is 2.63. The summed E-state index contributed by atoms with van der Waals surface area (Å²) in [6.45, 7) is 2.26. The summed E-state index contributed by atoms with van der Waals surface area (Å²) in [6, 6.07) is 18.8. The van der Waals surface area contributed by atoms with Crippen LogP contribution in [0.25, 0.3) is 0 Å². The number of methoxy groups -OCH3 is 1. The minimum atomic E-state index is 0. The van der Waals surface area contributed by atoms with E-state index in [4.69, 9.17) is 4.74 Å². The maximum Gasteiger partial charge on any atom is 0.191 e. The van der Waals surface area contributed by atoms with Gasteiger partial charge in [-0.25, -0.2) is 0 Å². The van der Waals surface area contributed by atoms with Crippen LogP contribution in [-0.2, 0) is 24.3 Å². The fourth-order valence-electron chi connectivity index (χ4n) is 2.57. The molecule has 0 bridgehead atoms. The molecule has 0 aromatic heterocycles. The molecule has 2 N–H and O–H groups in total. The standard InChI is InChI=1S/C20H27N3O.HI/c1-21-20(22-14-8-11-17-9-4-3-5-10-17)23-15-18-12-6-7-13-19(18)16-24-2;/h3-7,9-10,12-13H,8,11,14-16H2,1-2H3,(H2,21,22,23);1H. The van der Waals surface area contributed by atoms with Crippen LogP contribution in [0.4, 0.5) is 0 Å². The van der Waals surface area contributed by atoms with Crippen LogP contribution in [0.2, 0.25) is 0 Å². The van der Waals surface area contributed by atoms with Gasteiger partial charge in [0.25, 0.3) is 0 Å². The van der Waals surface area contributed by atoms with Crippen molar-refractivity contribution in [3.63, 3.8) is 0 Å². The molecule has 2 aromatic rings. The van der Waals surface area contributed by atoms with E-state index in [2.05, 4.69) is 58.1 Å². The van der Waals surface area contributed by atoms with E-state index in [0.717, 1.165) is 31.9 Å². The number of hydrogen-bond donors (Lipinski definition) is 2. The van der Waals surface area contributed by atoms with E-state index in [1.165, 1.54) is 16.7 Å². The van der Waals surface area contributed by atoms with Crippen molar-refractivity contribution in [2.24, 2.45) is 4.99 Å². The lowest BCUT2D eigenvalue weighted by atomic mass is 10.1. The number of benzene rings is 2. The van der Waals surface area contributed by atoms with E-state index >= 15 is 0 Å². The molecule has 0 aliphatic rings. The number of halogens is 1. The third-order valence-electron chi connectivity index (χ3n) is 3.87. The molecule has 2 rings (SSSR count). The molecule has 2 aromatic carbocycles. The maximum atomic E-state index is 5.25. The van der Waals surface area contributed by atoms with E-state index in [-0.39, 0.29) is 24.0 Å². The number of nitrogens with one attached hydrogen (secondary N) is 2. The highest BCUT2D eigenvalue weighted by Gasteiger charge is 2.03. The molecular weight excluding hydrogens is 425 g/mol. The summed E-state index contributed by atoms with van der Waals surface area (Å²) in [7, 11) is 3.52. The monoisotopic (exact) mass is 453 g/mol. The molecule has 0 heterocycles. The van der Waals surface area contributed by atoms with Crippen LogP contribution in [0.1, 0.15) is 23.1 Å². The topological polar surface area (TPSA) is 45.7 Å². The third kappa shape index (κ3) is 7.88. The van der Waals surface area contributed by atoms with Gasteiger partial charge in [0, 0.05) is 27.2 Å². The van der Waals surface area contributed by atoms with E-state index in [1.807, 2.05) is 12.1 Å². The predicted molar refractivity (Wildman–Crippen MR) is 116 cm³/mol. The van der Waals surface area contributed by atoms with Gasteiger partial charge in [-0.15, -0.1) is 24.0 Å². The fraction of sp³-hybridized carbons (Fsp3) is 0.350. The van der Waals surface area contributed by atoms with Gasteiger partial charge in [0.1, 0.15) is 0 Å². The van der Waals surface area contributed by atoms with Gasteiger partial charge < -0.3 is 15.4 Å². The molecule has 0 aliphatic heterocycles. The van der Waals surface area contributed by atoms with Crippen LogP contribution < -0.4 is 10.6 Å². The molecule has 0 aliphatic carbocycles. The van der Waals surface area contributed by atoms with Crippen LogP contribution >= 0.6 is 24.0 Å². The van der Waals surface area contributed by atoms with Crippen LogP contribution in [0.5, 0.6) is 0 Å². The molecule has 0 amide bonds. The second-order valence-electron chi connectivity index (χ2n) is 5.64. The van der Waals surface area contributed by atoms with Gasteiger partial charge in [-0.05, 0) is 29.5 Å². The van der Waals surface area contributed by atoms with Crippen molar-refractivity contribution in [1.29, 1.82) is 0 Å². The third-order valence-corrected chi connectivity index (χ3v) is 3.87. The smallest absolute Gasteiger partial charge is 0.191 e.